The Morgan fingerprint density at radius 3 is 2.22 bits per heavy atom. The minimum absolute atomic E-state index is 0.231. The van der Waals surface area contributed by atoms with E-state index < -0.39 is 5.60 Å². The molecular formula is C14H26N2O2. The Kier molecular flexibility index (Phi) is 4.15. The van der Waals surface area contributed by atoms with Crippen LogP contribution < -0.4 is 10.6 Å². The van der Waals surface area contributed by atoms with Crippen LogP contribution in [0.5, 0.6) is 0 Å². The average Bonchev–Trinajstić information content (AvgIpc) is 3.02. The molecule has 2 atom stereocenters. The third-order valence-electron chi connectivity index (χ3n) is 3.50. The first-order chi connectivity index (χ1) is 8.44. The average molecular weight is 254 g/mol. The van der Waals surface area contributed by atoms with Crippen molar-refractivity contribution in [2.45, 2.75) is 83.0 Å². The van der Waals surface area contributed by atoms with Crippen molar-refractivity contribution in [1.29, 1.82) is 0 Å². The van der Waals surface area contributed by atoms with Gasteiger partial charge < -0.3 is 15.4 Å². The van der Waals surface area contributed by atoms with Crippen molar-refractivity contribution < 1.29 is 9.53 Å². The first kappa shape index (κ1) is 13.7. The number of nitrogens with one attached hydrogen (secondary N) is 2. The van der Waals surface area contributed by atoms with Crippen LogP contribution in [0.1, 0.15) is 59.3 Å². The fraction of sp³-hybridized carbons (Fsp3) is 0.929. The molecule has 0 aromatic rings. The Hall–Kier alpha value is -0.770. The van der Waals surface area contributed by atoms with Crippen LogP contribution in [0.15, 0.2) is 0 Å². The van der Waals surface area contributed by atoms with Gasteiger partial charge in [-0.15, -0.1) is 0 Å². The van der Waals surface area contributed by atoms with Crippen LogP contribution in [-0.2, 0) is 4.74 Å². The van der Waals surface area contributed by atoms with Crippen LogP contribution in [0.25, 0.3) is 0 Å². The predicted octanol–water partition coefficient (Wildman–Crippen LogP) is 2.57. The molecule has 2 N–H and O–H groups in total. The van der Waals surface area contributed by atoms with E-state index in [1.165, 1.54) is 25.7 Å². The first-order valence-electron chi connectivity index (χ1n) is 7.19. The molecule has 0 spiro atoms. The van der Waals surface area contributed by atoms with E-state index in [1.54, 1.807) is 0 Å². The van der Waals surface area contributed by atoms with Crippen LogP contribution in [-0.4, -0.2) is 29.8 Å². The van der Waals surface area contributed by atoms with Gasteiger partial charge in [-0.2, -0.15) is 0 Å². The molecule has 2 aliphatic carbocycles. The zero-order valence-electron chi connectivity index (χ0n) is 11.8. The number of ether oxygens (including phenoxy) is 1. The maximum atomic E-state index is 11.8. The second-order valence-electron chi connectivity index (χ2n) is 6.58. The van der Waals surface area contributed by atoms with E-state index in [-0.39, 0.29) is 12.1 Å². The summed E-state index contributed by atoms with van der Waals surface area (Å²) in [7, 11) is 0. The number of rotatable bonds is 3. The van der Waals surface area contributed by atoms with Crippen molar-refractivity contribution in [3.8, 4) is 0 Å². The molecule has 4 heteroatoms. The molecular weight excluding hydrogens is 228 g/mol. The van der Waals surface area contributed by atoms with Gasteiger partial charge in [0.15, 0.2) is 0 Å². The summed E-state index contributed by atoms with van der Waals surface area (Å²) in [5, 5.41) is 6.68. The van der Waals surface area contributed by atoms with Gasteiger partial charge >= 0.3 is 6.09 Å². The summed E-state index contributed by atoms with van der Waals surface area (Å²) in [4.78, 5) is 11.8. The van der Waals surface area contributed by atoms with Crippen molar-refractivity contribution in [2.75, 3.05) is 0 Å². The van der Waals surface area contributed by atoms with Gasteiger partial charge in [0.2, 0.25) is 0 Å². The Balaban J connectivity index is 1.82. The van der Waals surface area contributed by atoms with Crippen LogP contribution >= 0.6 is 0 Å². The third-order valence-corrected chi connectivity index (χ3v) is 3.50. The van der Waals surface area contributed by atoms with E-state index in [0.29, 0.717) is 12.1 Å². The van der Waals surface area contributed by atoms with Crippen LogP contribution in [0.4, 0.5) is 4.79 Å². The van der Waals surface area contributed by atoms with Crippen molar-refractivity contribution in [3.05, 3.63) is 0 Å². The maximum absolute atomic E-state index is 11.8. The Morgan fingerprint density at radius 2 is 1.67 bits per heavy atom. The Bertz CT molecular complexity index is 295. The number of hydrogen-bond acceptors (Lipinski definition) is 3. The second kappa shape index (κ2) is 5.47. The van der Waals surface area contributed by atoms with Crippen LogP contribution in [0.3, 0.4) is 0 Å². The lowest BCUT2D eigenvalue weighted by atomic mass is 9.90. The lowest BCUT2D eigenvalue weighted by molar-refractivity contribution is 0.0479. The predicted molar refractivity (Wildman–Crippen MR) is 71.6 cm³/mol. The normalized spacial score (nSPS) is 28.8. The zero-order chi connectivity index (χ0) is 13.2. The van der Waals surface area contributed by atoms with E-state index in [4.69, 9.17) is 4.74 Å². The molecule has 0 radical (unpaired) electrons. The minimum Gasteiger partial charge on any atom is -0.444 e. The fourth-order valence-electron chi connectivity index (χ4n) is 2.51. The molecule has 0 saturated heterocycles. The van der Waals surface area contributed by atoms with E-state index in [1.807, 2.05) is 20.8 Å². The molecule has 0 bridgehead atoms. The topological polar surface area (TPSA) is 50.4 Å². The lowest BCUT2D eigenvalue weighted by Gasteiger charge is -2.33. The van der Waals surface area contributed by atoms with E-state index in [0.717, 1.165) is 12.8 Å². The molecule has 2 rings (SSSR count). The summed E-state index contributed by atoms with van der Waals surface area (Å²) in [6.07, 6.45) is 6.98. The number of hydrogen-bond donors (Lipinski definition) is 2. The molecule has 2 aliphatic rings. The molecule has 1 amide bonds. The van der Waals surface area contributed by atoms with Gasteiger partial charge in [0.05, 0.1) is 0 Å². The molecule has 18 heavy (non-hydrogen) atoms. The van der Waals surface area contributed by atoms with Crippen LogP contribution in [0, 0.1) is 0 Å². The number of amides is 1. The Morgan fingerprint density at radius 1 is 1.06 bits per heavy atom. The molecule has 0 aromatic carbocycles. The van der Waals surface area contributed by atoms with Gasteiger partial charge in [-0.1, -0.05) is 12.8 Å². The molecule has 0 heterocycles. The molecule has 0 aromatic heterocycles. The zero-order valence-corrected chi connectivity index (χ0v) is 11.8. The molecule has 2 saturated carbocycles. The number of carbonyl (C=O) groups excluding carboxylic acids is 1. The summed E-state index contributed by atoms with van der Waals surface area (Å²) in [6.45, 7) is 5.69. The highest BCUT2D eigenvalue weighted by molar-refractivity contribution is 5.68. The number of carbonyl (C=O) groups is 1. The molecule has 4 nitrogen and oxygen atoms in total. The highest BCUT2D eigenvalue weighted by atomic mass is 16.6. The van der Waals surface area contributed by atoms with Gasteiger partial charge in [0, 0.05) is 18.1 Å². The largest absolute Gasteiger partial charge is 0.444 e. The Labute approximate surface area is 110 Å². The summed E-state index contributed by atoms with van der Waals surface area (Å²) < 4.78 is 5.33. The van der Waals surface area contributed by atoms with E-state index in [9.17, 15) is 4.79 Å². The monoisotopic (exact) mass is 254 g/mol. The molecule has 0 unspecified atom stereocenters. The third kappa shape index (κ3) is 4.48. The van der Waals surface area contributed by atoms with E-state index in [2.05, 4.69) is 10.6 Å². The highest BCUT2D eigenvalue weighted by Gasteiger charge is 2.32. The van der Waals surface area contributed by atoms with Gasteiger partial charge in [-0.05, 0) is 46.5 Å². The summed E-state index contributed by atoms with van der Waals surface area (Å²) >= 11 is 0. The first-order valence-corrected chi connectivity index (χ1v) is 7.19. The standard InChI is InChI=1S/C14H26N2O2/c1-14(2,3)18-13(17)16-12-7-5-4-6-11(12)15-10-8-9-10/h10-12,15H,4-9H2,1-3H3,(H,16,17)/t11-,12-/m1/s1. The SMILES string of the molecule is CC(C)(C)OC(=O)N[C@@H]1CCCC[C@H]1NC1CC1. The van der Waals surface area contributed by atoms with Gasteiger partial charge in [0.1, 0.15) is 5.60 Å². The molecule has 104 valence electrons. The summed E-state index contributed by atoms with van der Waals surface area (Å²) in [6, 6.07) is 1.35. The second-order valence-corrected chi connectivity index (χ2v) is 6.58. The lowest BCUT2D eigenvalue weighted by Crippen LogP contribution is -2.53. The minimum atomic E-state index is -0.418. The van der Waals surface area contributed by atoms with Crippen molar-refractivity contribution in [1.82, 2.24) is 10.6 Å². The fourth-order valence-corrected chi connectivity index (χ4v) is 2.51. The van der Waals surface area contributed by atoms with E-state index >= 15 is 0 Å². The quantitative estimate of drug-likeness (QED) is 0.814. The van der Waals surface area contributed by atoms with Gasteiger partial charge in [-0.3, -0.25) is 0 Å². The van der Waals surface area contributed by atoms with Crippen molar-refractivity contribution in [3.63, 3.8) is 0 Å². The molecule has 0 aliphatic heterocycles. The smallest absolute Gasteiger partial charge is 0.407 e. The van der Waals surface area contributed by atoms with Crippen LogP contribution in [0.2, 0.25) is 0 Å². The number of alkyl carbamates (subject to hydrolysis) is 1. The summed E-state index contributed by atoms with van der Waals surface area (Å²) in [5.74, 6) is 0. The maximum Gasteiger partial charge on any atom is 0.407 e. The molecule has 2 fully saturated rings. The van der Waals surface area contributed by atoms with Gasteiger partial charge in [-0.25, -0.2) is 4.79 Å². The van der Waals surface area contributed by atoms with Crippen molar-refractivity contribution in [2.24, 2.45) is 0 Å². The summed E-state index contributed by atoms with van der Waals surface area (Å²) in [5.41, 5.74) is -0.418. The van der Waals surface area contributed by atoms with Gasteiger partial charge in [0.25, 0.3) is 0 Å². The van der Waals surface area contributed by atoms with Crippen molar-refractivity contribution >= 4 is 6.09 Å². The highest BCUT2D eigenvalue weighted by Crippen LogP contribution is 2.25.